The van der Waals surface area contributed by atoms with Gasteiger partial charge in [0.25, 0.3) is 0 Å². The van der Waals surface area contributed by atoms with E-state index in [0.29, 0.717) is 12.3 Å². The summed E-state index contributed by atoms with van der Waals surface area (Å²) < 4.78 is 7.34. The molecule has 0 aliphatic rings. The summed E-state index contributed by atoms with van der Waals surface area (Å²) in [5.41, 5.74) is 3.28. The van der Waals surface area contributed by atoms with Crippen LogP contribution in [0.4, 0.5) is 0 Å². The molecular weight excluding hydrogens is 396 g/mol. The van der Waals surface area contributed by atoms with Crippen molar-refractivity contribution in [3.8, 4) is 17.1 Å². The molecule has 30 heavy (non-hydrogen) atoms. The van der Waals surface area contributed by atoms with Crippen molar-refractivity contribution in [3.05, 3.63) is 59.7 Å². The van der Waals surface area contributed by atoms with Crippen LogP contribution in [0.1, 0.15) is 30.9 Å². The molecule has 0 saturated carbocycles. The van der Waals surface area contributed by atoms with Gasteiger partial charge in [0.2, 0.25) is 5.91 Å². The summed E-state index contributed by atoms with van der Waals surface area (Å²) in [5.74, 6) is 1.90. The lowest BCUT2D eigenvalue weighted by Crippen LogP contribution is -2.24. The number of nitrogens with one attached hydrogen (secondary N) is 1. The maximum atomic E-state index is 12.3. The van der Waals surface area contributed by atoms with Crippen molar-refractivity contribution in [2.75, 3.05) is 12.9 Å². The third-order valence-electron chi connectivity index (χ3n) is 4.74. The van der Waals surface area contributed by atoms with E-state index in [4.69, 9.17) is 4.74 Å². The van der Waals surface area contributed by atoms with Crippen LogP contribution in [0.2, 0.25) is 0 Å². The molecule has 0 bridgehead atoms. The first kappa shape index (κ1) is 21.9. The van der Waals surface area contributed by atoms with Crippen LogP contribution < -0.4 is 10.1 Å². The lowest BCUT2D eigenvalue weighted by atomic mass is 10.1. The van der Waals surface area contributed by atoms with Gasteiger partial charge in [0, 0.05) is 18.7 Å². The number of aromatic nitrogens is 3. The van der Waals surface area contributed by atoms with E-state index in [1.54, 1.807) is 7.11 Å². The van der Waals surface area contributed by atoms with Gasteiger partial charge in [-0.05, 0) is 43.2 Å². The van der Waals surface area contributed by atoms with Crippen LogP contribution in [0.15, 0.2) is 53.7 Å². The predicted octanol–water partition coefficient (Wildman–Crippen LogP) is 4.47. The van der Waals surface area contributed by atoms with E-state index < -0.39 is 0 Å². The van der Waals surface area contributed by atoms with Crippen molar-refractivity contribution < 1.29 is 9.53 Å². The van der Waals surface area contributed by atoms with Crippen molar-refractivity contribution in [2.45, 2.75) is 44.9 Å². The monoisotopic (exact) mass is 424 g/mol. The Morgan fingerprint density at radius 2 is 1.83 bits per heavy atom. The highest BCUT2D eigenvalue weighted by atomic mass is 32.2. The number of hydrogen-bond acceptors (Lipinski definition) is 5. The molecule has 0 saturated heterocycles. The zero-order valence-corrected chi connectivity index (χ0v) is 18.5. The molecule has 7 heteroatoms. The van der Waals surface area contributed by atoms with Gasteiger partial charge in [0.05, 0.1) is 12.9 Å². The van der Waals surface area contributed by atoms with Crippen LogP contribution in [0.25, 0.3) is 11.4 Å². The van der Waals surface area contributed by atoms with Crippen molar-refractivity contribution in [3.63, 3.8) is 0 Å². The summed E-state index contributed by atoms with van der Waals surface area (Å²) in [6, 6.07) is 16.0. The minimum atomic E-state index is -0.0170. The Morgan fingerprint density at radius 3 is 2.50 bits per heavy atom. The number of benzene rings is 2. The maximum Gasteiger partial charge on any atom is 0.230 e. The first-order valence-electron chi connectivity index (χ1n) is 10.1. The molecule has 0 radical (unpaired) electrons. The molecule has 1 heterocycles. The second-order valence-corrected chi connectivity index (χ2v) is 8.03. The van der Waals surface area contributed by atoms with Crippen LogP contribution in [0.5, 0.6) is 5.75 Å². The molecule has 6 nitrogen and oxygen atoms in total. The highest BCUT2D eigenvalue weighted by molar-refractivity contribution is 7.99. The second kappa shape index (κ2) is 10.8. The number of carbonyl (C=O) groups is 1. The van der Waals surface area contributed by atoms with Crippen LogP contribution in [-0.4, -0.2) is 33.5 Å². The number of unbranched alkanes of at least 4 members (excludes halogenated alkanes) is 1. The lowest BCUT2D eigenvalue weighted by molar-refractivity contribution is -0.118. The lowest BCUT2D eigenvalue weighted by Gasteiger charge is -2.10. The van der Waals surface area contributed by atoms with Crippen molar-refractivity contribution in [1.29, 1.82) is 0 Å². The highest BCUT2D eigenvalue weighted by Gasteiger charge is 2.15. The minimum Gasteiger partial charge on any atom is -0.497 e. The van der Waals surface area contributed by atoms with Gasteiger partial charge < -0.3 is 14.6 Å². The average molecular weight is 425 g/mol. The van der Waals surface area contributed by atoms with Crippen LogP contribution in [0, 0.1) is 6.92 Å². The van der Waals surface area contributed by atoms with E-state index in [2.05, 4.69) is 27.0 Å². The summed E-state index contributed by atoms with van der Waals surface area (Å²) in [7, 11) is 1.65. The molecule has 0 aliphatic heterocycles. The number of rotatable bonds is 10. The molecule has 1 N–H and O–H groups in total. The van der Waals surface area contributed by atoms with Gasteiger partial charge >= 0.3 is 0 Å². The molecule has 1 aromatic heterocycles. The summed E-state index contributed by atoms with van der Waals surface area (Å²) in [4.78, 5) is 12.3. The fourth-order valence-electron chi connectivity index (χ4n) is 2.95. The molecule has 1 amide bonds. The number of ether oxygens (including phenoxy) is 1. The average Bonchev–Trinajstić information content (AvgIpc) is 3.18. The summed E-state index contributed by atoms with van der Waals surface area (Å²) in [6.07, 6.45) is 2.09. The van der Waals surface area contributed by atoms with Crippen molar-refractivity contribution in [1.82, 2.24) is 20.1 Å². The van der Waals surface area contributed by atoms with E-state index in [0.717, 1.165) is 47.2 Å². The van der Waals surface area contributed by atoms with E-state index in [1.165, 1.54) is 17.3 Å². The zero-order chi connectivity index (χ0) is 21.3. The normalized spacial score (nSPS) is 10.8. The van der Waals surface area contributed by atoms with E-state index >= 15 is 0 Å². The van der Waals surface area contributed by atoms with Gasteiger partial charge in [-0.3, -0.25) is 4.79 Å². The minimum absolute atomic E-state index is 0.0170. The molecule has 0 fully saturated rings. The van der Waals surface area contributed by atoms with Gasteiger partial charge in [-0.25, -0.2) is 0 Å². The topological polar surface area (TPSA) is 69.0 Å². The van der Waals surface area contributed by atoms with Gasteiger partial charge in [-0.1, -0.05) is 54.9 Å². The molecule has 3 rings (SSSR count). The van der Waals surface area contributed by atoms with Gasteiger partial charge in [-0.2, -0.15) is 0 Å². The zero-order valence-electron chi connectivity index (χ0n) is 17.7. The Kier molecular flexibility index (Phi) is 7.90. The van der Waals surface area contributed by atoms with Crippen LogP contribution in [0.3, 0.4) is 0 Å². The summed E-state index contributed by atoms with van der Waals surface area (Å²) in [5, 5.41) is 12.5. The quantitative estimate of drug-likeness (QED) is 0.486. The predicted molar refractivity (Wildman–Crippen MR) is 121 cm³/mol. The number of methoxy groups -OCH3 is 1. The number of thioether (sulfide) groups is 1. The molecule has 0 atom stereocenters. The largest absolute Gasteiger partial charge is 0.497 e. The number of amides is 1. The summed E-state index contributed by atoms with van der Waals surface area (Å²) in [6.45, 7) is 5.55. The first-order valence-corrected chi connectivity index (χ1v) is 11.1. The Morgan fingerprint density at radius 1 is 1.10 bits per heavy atom. The molecule has 0 spiro atoms. The smallest absolute Gasteiger partial charge is 0.230 e. The van der Waals surface area contributed by atoms with E-state index in [-0.39, 0.29) is 5.91 Å². The van der Waals surface area contributed by atoms with Crippen LogP contribution in [-0.2, 0) is 17.9 Å². The van der Waals surface area contributed by atoms with Gasteiger partial charge in [0.1, 0.15) is 5.75 Å². The number of carbonyl (C=O) groups excluding carboxylic acids is 1. The third kappa shape index (κ3) is 5.86. The molecular formula is C23H28N4O2S. The fourth-order valence-corrected chi connectivity index (χ4v) is 3.75. The van der Waals surface area contributed by atoms with Crippen molar-refractivity contribution >= 4 is 17.7 Å². The fraction of sp³-hybridized carbons (Fsp3) is 0.348. The Bertz CT molecular complexity index is 952. The Labute approximate surface area is 182 Å². The number of nitrogens with zero attached hydrogens (tertiary/aromatic N) is 3. The molecule has 2 aromatic carbocycles. The number of hydrogen-bond donors (Lipinski definition) is 1. The molecule has 3 aromatic rings. The summed E-state index contributed by atoms with van der Waals surface area (Å²) >= 11 is 1.42. The Balaban J connectivity index is 1.64. The first-order chi connectivity index (χ1) is 14.6. The van der Waals surface area contributed by atoms with Gasteiger partial charge in [0.15, 0.2) is 11.0 Å². The van der Waals surface area contributed by atoms with Gasteiger partial charge in [-0.15, -0.1) is 10.2 Å². The molecule has 158 valence electrons. The maximum absolute atomic E-state index is 12.3. The number of aryl methyl sites for hydroxylation is 1. The Hall–Kier alpha value is -2.80. The third-order valence-corrected chi connectivity index (χ3v) is 5.71. The van der Waals surface area contributed by atoms with Crippen molar-refractivity contribution in [2.24, 2.45) is 0 Å². The van der Waals surface area contributed by atoms with Crippen LogP contribution >= 0.6 is 11.8 Å². The molecule has 0 unspecified atom stereocenters. The second-order valence-electron chi connectivity index (χ2n) is 7.09. The standard InChI is InChI=1S/C23H28N4O2S/c1-4-5-14-27-22(19-10-12-20(29-3)13-11-19)25-26-23(27)30-16-21(28)24-15-18-8-6-17(2)7-9-18/h6-13H,4-5,14-16H2,1-3H3,(H,24,28). The SMILES string of the molecule is CCCCn1c(SCC(=O)NCc2ccc(C)cc2)nnc1-c1ccc(OC)cc1. The van der Waals surface area contributed by atoms with E-state index in [9.17, 15) is 4.79 Å². The molecule has 0 aliphatic carbocycles. The highest BCUT2D eigenvalue weighted by Crippen LogP contribution is 2.26. The van der Waals surface area contributed by atoms with E-state index in [1.807, 2.05) is 55.5 Å².